The molecule has 29 heavy (non-hydrogen) atoms. The Morgan fingerprint density at radius 1 is 1.00 bits per heavy atom. The molecule has 0 aliphatic carbocycles. The van der Waals surface area contributed by atoms with E-state index < -0.39 is 6.04 Å². The first kappa shape index (κ1) is 23.2. The Balaban J connectivity index is 2.12. The van der Waals surface area contributed by atoms with Gasteiger partial charge in [0, 0.05) is 36.9 Å². The lowest BCUT2D eigenvalue weighted by atomic mass is 10.1. The second-order valence-corrected chi connectivity index (χ2v) is 7.64. The Labute approximate surface area is 181 Å². The lowest BCUT2D eigenvalue weighted by Gasteiger charge is -2.29. The van der Waals surface area contributed by atoms with E-state index in [1.807, 2.05) is 24.3 Å². The summed E-state index contributed by atoms with van der Waals surface area (Å²) in [6.07, 6.45) is 0.900. The van der Waals surface area contributed by atoms with E-state index in [4.69, 9.17) is 27.9 Å². The number of halogens is 2. The zero-order valence-corrected chi connectivity index (χ0v) is 18.2. The summed E-state index contributed by atoms with van der Waals surface area (Å²) in [5.74, 6) is -0.332. The molecule has 0 aliphatic rings. The summed E-state index contributed by atoms with van der Waals surface area (Å²) in [7, 11) is 1.62. The molecule has 7 heteroatoms. The SMILES string of the molecule is COCCCNC(=O)[C@H](C)N(Cc1ccc(Cl)cc1)C(=O)Cc1ccc(Cl)cc1. The Kier molecular flexibility index (Phi) is 9.45. The number of methoxy groups -OCH3 is 1. The van der Waals surface area contributed by atoms with Crippen LogP contribution >= 0.6 is 23.2 Å². The fourth-order valence-corrected chi connectivity index (χ4v) is 3.08. The van der Waals surface area contributed by atoms with Gasteiger partial charge in [-0.3, -0.25) is 9.59 Å². The van der Waals surface area contributed by atoms with Crippen molar-refractivity contribution in [3.05, 3.63) is 69.7 Å². The van der Waals surface area contributed by atoms with E-state index in [9.17, 15) is 9.59 Å². The van der Waals surface area contributed by atoms with Gasteiger partial charge in [0.2, 0.25) is 11.8 Å². The Morgan fingerprint density at radius 3 is 2.10 bits per heavy atom. The van der Waals surface area contributed by atoms with Crippen molar-refractivity contribution in [2.45, 2.75) is 32.4 Å². The molecule has 5 nitrogen and oxygen atoms in total. The van der Waals surface area contributed by atoms with Crippen molar-refractivity contribution < 1.29 is 14.3 Å². The zero-order valence-electron chi connectivity index (χ0n) is 16.7. The van der Waals surface area contributed by atoms with Crippen LogP contribution in [0.1, 0.15) is 24.5 Å². The number of hydrogen-bond acceptors (Lipinski definition) is 3. The molecule has 0 aromatic heterocycles. The van der Waals surface area contributed by atoms with Crippen LogP contribution in [0.3, 0.4) is 0 Å². The highest BCUT2D eigenvalue weighted by Gasteiger charge is 2.26. The van der Waals surface area contributed by atoms with Gasteiger partial charge in [-0.2, -0.15) is 0 Å². The maximum Gasteiger partial charge on any atom is 0.242 e. The second kappa shape index (κ2) is 11.8. The fraction of sp³-hybridized carbons (Fsp3) is 0.364. The highest BCUT2D eigenvalue weighted by atomic mass is 35.5. The Hall–Kier alpha value is -2.08. The summed E-state index contributed by atoms with van der Waals surface area (Å²) in [6.45, 7) is 3.12. The van der Waals surface area contributed by atoms with Gasteiger partial charge >= 0.3 is 0 Å². The van der Waals surface area contributed by atoms with Crippen LogP contribution in [0.4, 0.5) is 0 Å². The van der Waals surface area contributed by atoms with Gasteiger partial charge in [0.25, 0.3) is 0 Å². The molecule has 2 aromatic rings. The summed E-state index contributed by atoms with van der Waals surface area (Å²) in [6, 6.07) is 13.8. The molecular weight excluding hydrogens is 411 g/mol. The second-order valence-electron chi connectivity index (χ2n) is 6.76. The first-order valence-electron chi connectivity index (χ1n) is 9.45. The molecule has 2 rings (SSSR count). The van der Waals surface area contributed by atoms with Gasteiger partial charge in [-0.05, 0) is 48.7 Å². The van der Waals surface area contributed by atoms with Crippen molar-refractivity contribution in [1.82, 2.24) is 10.2 Å². The number of rotatable bonds is 10. The summed E-state index contributed by atoms with van der Waals surface area (Å²) in [4.78, 5) is 27.3. The summed E-state index contributed by atoms with van der Waals surface area (Å²) >= 11 is 11.9. The minimum absolute atomic E-state index is 0.137. The van der Waals surface area contributed by atoms with Gasteiger partial charge in [0.15, 0.2) is 0 Å². The number of carbonyl (C=O) groups is 2. The molecule has 2 amide bonds. The largest absolute Gasteiger partial charge is 0.385 e. The van der Waals surface area contributed by atoms with Crippen molar-refractivity contribution >= 4 is 35.0 Å². The average Bonchev–Trinajstić information content (AvgIpc) is 2.71. The van der Waals surface area contributed by atoms with Crippen molar-refractivity contribution in [1.29, 1.82) is 0 Å². The molecule has 0 radical (unpaired) electrons. The van der Waals surface area contributed by atoms with E-state index in [1.54, 1.807) is 43.2 Å². The molecule has 156 valence electrons. The van der Waals surface area contributed by atoms with Crippen molar-refractivity contribution in [2.75, 3.05) is 20.3 Å². The summed E-state index contributed by atoms with van der Waals surface area (Å²) in [5, 5.41) is 4.10. The van der Waals surface area contributed by atoms with Gasteiger partial charge in [-0.1, -0.05) is 47.5 Å². The molecule has 0 fully saturated rings. The van der Waals surface area contributed by atoms with Crippen LogP contribution in [0.5, 0.6) is 0 Å². The predicted molar refractivity (Wildman–Crippen MR) is 116 cm³/mol. The standard InChI is InChI=1S/C22H26Cl2N2O3/c1-16(22(28)25-12-3-13-29-2)26(15-18-6-10-20(24)11-7-18)21(27)14-17-4-8-19(23)9-5-17/h4-11,16H,3,12-15H2,1-2H3,(H,25,28)/t16-/m0/s1. The van der Waals surface area contributed by atoms with E-state index in [2.05, 4.69) is 5.32 Å². The Morgan fingerprint density at radius 2 is 1.55 bits per heavy atom. The normalized spacial score (nSPS) is 11.7. The van der Waals surface area contributed by atoms with Crippen molar-refractivity contribution in [3.63, 3.8) is 0 Å². The van der Waals surface area contributed by atoms with Crippen molar-refractivity contribution in [3.8, 4) is 0 Å². The third-order valence-corrected chi connectivity index (χ3v) is 5.03. The average molecular weight is 437 g/mol. The van der Waals surface area contributed by atoms with Crippen LogP contribution in [0.15, 0.2) is 48.5 Å². The van der Waals surface area contributed by atoms with Crippen molar-refractivity contribution in [2.24, 2.45) is 0 Å². The molecule has 0 heterocycles. The highest BCUT2D eigenvalue weighted by molar-refractivity contribution is 6.30. The van der Waals surface area contributed by atoms with Gasteiger partial charge in [0.1, 0.15) is 6.04 Å². The van der Waals surface area contributed by atoms with E-state index in [0.717, 1.165) is 11.1 Å². The van der Waals surface area contributed by atoms with Crippen LogP contribution in [0.25, 0.3) is 0 Å². The van der Waals surface area contributed by atoms with Gasteiger partial charge in [-0.15, -0.1) is 0 Å². The molecule has 1 N–H and O–H groups in total. The van der Waals surface area contributed by atoms with Crippen LogP contribution in [-0.2, 0) is 27.3 Å². The third-order valence-electron chi connectivity index (χ3n) is 4.53. The number of nitrogens with zero attached hydrogens (tertiary/aromatic N) is 1. The molecule has 0 spiro atoms. The molecule has 0 saturated heterocycles. The maximum atomic E-state index is 13.1. The predicted octanol–water partition coefficient (Wildman–Crippen LogP) is 4.11. The Bertz CT molecular complexity index is 795. The minimum Gasteiger partial charge on any atom is -0.385 e. The molecule has 0 bridgehead atoms. The molecular formula is C22H26Cl2N2O3. The van der Waals surface area contributed by atoms with Crippen LogP contribution in [0.2, 0.25) is 10.0 Å². The lowest BCUT2D eigenvalue weighted by molar-refractivity contribution is -0.140. The third kappa shape index (κ3) is 7.69. The molecule has 0 aliphatic heterocycles. The summed E-state index contributed by atoms with van der Waals surface area (Å²) < 4.78 is 5.00. The van der Waals surface area contributed by atoms with Gasteiger partial charge < -0.3 is 15.0 Å². The monoisotopic (exact) mass is 436 g/mol. The minimum atomic E-state index is -0.618. The number of carbonyl (C=O) groups excluding carboxylic acids is 2. The number of ether oxygens (including phenoxy) is 1. The topological polar surface area (TPSA) is 58.6 Å². The number of benzene rings is 2. The fourth-order valence-electron chi connectivity index (χ4n) is 2.82. The van der Waals surface area contributed by atoms with Crippen LogP contribution < -0.4 is 5.32 Å². The molecule has 2 aromatic carbocycles. The number of nitrogens with one attached hydrogen (secondary N) is 1. The molecule has 0 unspecified atom stereocenters. The smallest absolute Gasteiger partial charge is 0.242 e. The first-order chi connectivity index (χ1) is 13.9. The van der Waals surface area contributed by atoms with E-state index >= 15 is 0 Å². The maximum absolute atomic E-state index is 13.1. The highest BCUT2D eigenvalue weighted by Crippen LogP contribution is 2.16. The number of amides is 2. The van der Waals surface area contributed by atoms with Crippen LogP contribution in [-0.4, -0.2) is 43.0 Å². The first-order valence-corrected chi connectivity index (χ1v) is 10.2. The van der Waals surface area contributed by atoms with Crippen LogP contribution in [0, 0.1) is 0 Å². The van der Waals surface area contributed by atoms with E-state index in [-0.39, 0.29) is 18.2 Å². The quantitative estimate of drug-likeness (QED) is 0.570. The van der Waals surface area contributed by atoms with E-state index in [1.165, 1.54) is 0 Å². The number of hydrogen-bond donors (Lipinski definition) is 1. The molecule has 1 atom stereocenters. The van der Waals surface area contributed by atoms with E-state index in [0.29, 0.717) is 36.2 Å². The zero-order chi connectivity index (χ0) is 21.2. The van der Waals surface area contributed by atoms with Gasteiger partial charge in [-0.25, -0.2) is 0 Å². The lowest BCUT2D eigenvalue weighted by Crippen LogP contribution is -2.48. The summed E-state index contributed by atoms with van der Waals surface area (Å²) in [5.41, 5.74) is 1.74. The van der Waals surface area contributed by atoms with Gasteiger partial charge in [0.05, 0.1) is 6.42 Å². The molecule has 0 saturated carbocycles.